The van der Waals surface area contributed by atoms with E-state index in [1.165, 1.54) is 0 Å². The molecule has 3 atom stereocenters. The zero-order valence-electron chi connectivity index (χ0n) is 15.6. The lowest BCUT2D eigenvalue weighted by atomic mass is 9.88. The Hall–Kier alpha value is -1.59. The molecule has 0 bridgehead atoms. The maximum atomic E-state index is 12.2. The van der Waals surface area contributed by atoms with E-state index >= 15 is 0 Å². The summed E-state index contributed by atoms with van der Waals surface area (Å²) in [6.07, 6.45) is 3.54. The van der Waals surface area contributed by atoms with Gasteiger partial charge in [-0.3, -0.25) is 14.5 Å². The number of likely N-dealkylation sites (tertiary alicyclic amines) is 1. The molecule has 1 aromatic carbocycles. The highest BCUT2D eigenvalue weighted by molar-refractivity contribution is 6.30. The summed E-state index contributed by atoms with van der Waals surface area (Å²) < 4.78 is 0. The van der Waals surface area contributed by atoms with Crippen LogP contribution in [0, 0.1) is 11.8 Å². The van der Waals surface area contributed by atoms with Gasteiger partial charge in [0.1, 0.15) is 0 Å². The molecule has 0 aromatic heterocycles. The Balaban J connectivity index is 1.41. The minimum absolute atomic E-state index is 0.0533. The van der Waals surface area contributed by atoms with Gasteiger partial charge in [-0.15, -0.1) is 0 Å². The maximum Gasteiger partial charge on any atom is 0.234 e. The second-order valence-corrected chi connectivity index (χ2v) is 8.21. The predicted octanol–water partition coefficient (Wildman–Crippen LogP) is 2.19. The van der Waals surface area contributed by atoms with Gasteiger partial charge >= 0.3 is 0 Å². The van der Waals surface area contributed by atoms with E-state index in [0.29, 0.717) is 37.4 Å². The highest BCUT2D eigenvalue weighted by atomic mass is 35.5. The fourth-order valence-corrected chi connectivity index (χ4v) is 4.51. The lowest BCUT2D eigenvalue weighted by molar-refractivity contribution is -0.135. The number of hydrogen-bond acceptors (Lipinski definition) is 3. The predicted molar refractivity (Wildman–Crippen MR) is 103 cm³/mol. The molecule has 2 amide bonds. The average molecular weight is 378 g/mol. The molecule has 5 nitrogen and oxygen atoms in total. The van der Waals surface area contributed by atoms with Gasteiger partial charge in [0.15, 0.2) is 0 Å². The van der Waals surface area contributed by atoms with Crippen molar-refractivity contribution in [3.05, 3.63) is 34.9 Å². The van der Waals surface area contributed by atoms with E-state index in [1.54, 1.807) is 0 Å². The van der Waals surface area contributed by atoms with Gasteiger partial charge in [0.2, 0.25) is 11.8 Å². The average Bonchev–Trinajstić information content (AvgIpc) is 2.98. The number of carbonyl (C=O) groups is 2. The standard InChI is InChI=1S/C20H28ClN3O2/c1-23(18-9-15-11-20(26)24(2)12-16(15)10-18)13-19(25)22-7-6-14-4-3-5-17(21)8-14/h3-5,8,15-16,18H,6-7,9-13H2,1-2H3,(H,22,25)/t15-,16+,18-/m1/s1. The molecular weight excluding hydrogens is 350 g/mol. The van der Waals surface area contributed by atoms with E-state index in [4.69, 9.17) is 11.6 Å². The van der Waals surface area contributed by atoms with Gasteiger partial charge in [0, 0.05) is 37.6 Å². The first-order valence-electron chi connectivity index (χ1n) is 9.37. The number of fused-ring (bicyclic) bond motifs is 1. The third-order valence-electron chi connectivity index (χ3n) is 5.83. The minimum atomic E-state index is 0.0533. The lowest BCUT2D eigenvalue weighted by Gasteiger charge is -2.31. The monoisotopic (exact) mass is 377 g/mol. The second kappa shape index (κ2) is 8.40. The highest BCUT2D eigenvalue weighted by Crippen LogP contribution is 2.39. The van der Waals surface area contributed by atoms with Crippen LogP contribution in [0.1, 0.15) is 24.8 Å². The summed E-state index contributed by atoms with van der Waals surface area (Å²) >= 11 is 5.98. The van der Waals surface area contributed by atoms with Crippen molar-refractivity contribution in [1.29, 1.82) is 0 Å². The summed E-state index contributed by atoms with van der Waals surface area (Å²) in [7, 11) is 3.91. The maximum absolute atomic E-state index is 12.2. The molecule has 1 saturated carbocycles. The van der Waals surface area contributed by atoms with Crippen LogP contribution in [-0.2, 0) is 16.0 Å². The van der Waals surface area contributed by atoms with Crippen LogP contribution in [0.25, 0.3) is 0 Å². The Morgan fingerprint density at radius 2 is 2.12 bits per heavy atom. The van der Waals surface area contributed by atoms with Crippen molar-refractivity contribution >= 4 is 23.4 Å². The molecule has 6 heteroatoms. The number of carbonyl (C=O) groups excluding carboxylic acids is 2. The van der Waals surface area contributed by atoms with Gasteiger partial charge in [0.25, 0.3) is 0 Å². The van der Waals surface area contributed by atoms with E-state index in [0.717, 1.165) is 36.4 Å². The number of rotatable bonds is 6. The van der Waals surface area contributed by atoms with Gasteiger partial charge in [-0.2, -0.15) is 0 Å². The van der Waals surface area contributed by atoms with Crippen molar-refractivity contribution in [2.24, 2.45) is 11.8 Å². The van der Waals surface area contributed by atoms with Gasteiger partial charge < -0.3 is 10.2 Å². The number of piperidine rings is 1. The molecule has 1 saturated heterocycles. The van der Waals surface area contributed by atoms with E-state index < -0.39 is 0 Å². The van der Waals surface area contributed by atoms with Crippen molar-refractivity contribution in [3.8, 4) is 0 Å². The quantitative estimate of drug-likeness (QED) is 0.826. The topological polar surface area (TPSA) is 52.6 Å². The van der Waals surface area contributed by atoms with Gasteiger partial charge in [-0.1, -0.05) is 23.7 Å². The SMILES string of the molecule is CN1C[C@@H]2C[C@H](N(C)CC(=O)NCCc3cccc(Cl)c3)C[C@@H]2CC1=O. The molecule has 3 rings (SSSR count). The third-order valence-corrected chi connectivity index (χ3v) is 6.06. The summed E-state index contributed by atoms with van der Waals surface area (Å²) in [5.74, 6) is 1.37. The highest BCUT2D eigenvalue weighted by Gasteiger charge is 2.41. The summed E-state index contributed by atoms with van der Waals surface area (Å²) in [6.45, 7) is 1.88. The first-order chi connectivity index (χ1) is 12.4. The lowest BCUT2D eigenvalue weighted by Crippen LogP contribution is -2.40. The largest absolute Gasteiger partial charge is 0.355 e. The Kier molecular flexibility index (Phi) is 6.20. The number of amides is 2. The molecule has 0 spiro atoms. The van der Waals surface area contributed by atoms with Crippen LogP contribution in [-0.4, -0.2) is 61.4 Å². The first-order valence-corrected chi connectivity index (χ1v) is 9.75. The number of likely N-dealkylation sites (N-methyl/N-ethyl adjacent to an activating group) is 1. The van der Waals surface area contributed by atoms with Crippen molar-refractivity contribution in [3.63, 3.8) is 0 Å². The van der Waals surface area contributed by atoms with Gasteiger partial charge in [-0.25, -0.2) is 0 Å². The van der Waals surface area contributed by atoms with Crippen LogP contribution in [0.3, 0.4) is 0 Å². The van der Waals surface area contributed by atoms with Crippen molar-refractivity contribution in [2.75, 3.05) is 33.7 Å². The van der Waals surface area contributed by atoms with Crippen LogP contribution >= 0.6 is 11.6 Å². The number of halogens is 1. The summed E-state index contributed by atoms with van der Waals surface area (Å²) in [4.78, 5) is 28.1. The molecular formula is C20H28ClN3O2. The van der Waals surface area contributed by atoms with Crippen LogP contribution in [0.15, 0.2) is 24.3 Å². The molecule has 1 aromatic rings. The molecule has 1 heterocycles. The molecule has 26 heavy (non-hydrogen) atoms. The van der Waals surface area contributed by atoms with Crippen molar-refractivity contribution in [2.45, 2.75) is 31.7 Å². The molecule has 1 aliphatic carbocycles. The molecule has 142 valence electrons. The molecule has 1 N–H and O–H groups in total. The minimum Gasteiger partial charge on any atom is -0.355 e. The molecule has 2 fully saturated rings. The molecule has 0 unspecified atom stereocenters. The van der Waals surface area contributed by atoms with Crippen LogP contribution in [0.4, 0.5) is 0 Å². The number of benzene rings is 1. The Bertz CT molecular complexity index is 666. The Labute approximate surface area is 160 Å². The Morgan fingerprint density at radius 3 is 2.88 bits per heavy atom. The van der Waals surface area contributed by atoms with Crippen LogP contribution < -0.4 is 5.32 Å². The Morgan fingerprint density at radius 1 is 1.35 bits per heavy atom. The fraction of sp³-hybridized carbons (Fsp3) is 0.600. The number of nitrogens with zero attached hydrogens (tertiary/aromatic N) is 2. The van der Waals surface area contributed by atoms with Gasteiger partial charge in [0.05, 0.1) is 6.54 Å². The molecule has 1 aliphatic heterocycles. The van der Waals surface area contributed by atoms with Crippen molar-refractivity contribution < 1.29 is 9.59 Å². The van der Waals surface area contributed by atoms with E-state index in [2.05, 4.69) is 10.2 Å². The van der Waals surface area contributed by atoms with E-state index in [1.807, 2.05) is 43.3 Å². The van der Waals surface area contributed by atoms with Crippen LogP contribution in [0.2, 0.25) is 5.02 Å². The zero-order chi connectivity index (χ0) is 18.7. The first kappa shape index (κ1) is 19.2. The fourth-order valence-electron chi connectivity index (χ4n) is 4.30. The third kappa shape index (κ3) is 4.77. The zero-order valence-corrected chi connectivity index (χ0v) is 16.3. The van der Waals surface area contributed by atoms with Gasteiger partial charge in [-0.05, 0) is 55.8 Å². The molecule has 2 aliphatic rings. The van der Waals surface area contributed by atoms with E-state index in [-0.39, 0.29) is 11.8 Å². The summed E-state index contributed by atoms with van der Waals surface area (Å²) in [6, 6.07) is 8.11. The number of hydrogen-bond donors (Lipinski definition) is 1. The van der Waals surface area contributed by atoms with Crippen molar-refractivity contribution in [1.82, 2.24) is 15.1 Å². The summed E-state index contributed by atoms with van der Waals surface area (Å²) in [5.41, 5.74) is 1.12. The second-order valence-electron chi connectivity index (χ2n) is 7.77. The van der Waals surface area contributed by atoms with Crippen LogP contribution in [0.5, 0.6) is 0 Å². The molecule has 0 radical (unpaired) electrons. The number of nitrogens with one attached hydrogen (secondary N) is 1. The smallest absolute Gasteiger partial charge is 0.234 e. The van der Waals surface area contributed by atoms with E-state index in [9.17, 15) is 9.59 Å². The normalized spacial score (nSPS) is 25.5. The summed E-state index contributed by atoms with van der Waals surface area (Å²) in [5, 5.41) is 3.72.